The monoisotopic (exact) mass is 137 g/mol. The molecule has 0 radical (unpaired) electrons. The van der Waals surface area contributed by atoms with E-state index >= 15 is 0 Å². The average molecular weight is 137 g/mol. The first kappa shape index (κ1) is 6.41. The minimum absolute atomic E-state index is 0.736. The fourth-order valence-corrected chi connectivity index (χ4v) is 2.13. The number of fused-ring (bicyclic) bond motifs is 2. The van der Waals surface area contributed by atoms with E-state index in [1.165, 1.54) is 13.0 Å². The molecule has 2 rings (SSSR count). The molecule has 1 nitrogen and oxygen atoms in total. The third-order valence-corrected chi connectivity index (χ3v) is 2.68. The van der Waals surface area contributed by atoms with E-state index in [-0.39, 0.29) is 0 Å². The van der Waals surface area contributed by atoms with E-state index in [1.54, 1.807) is 0 Å². The molecule has 56 valence electrons. The number of hydrogen-bond donors (Lipinski definition) is 0. The van der Waals surface area contributed by atoms with Crippen molar-refractivity contribution < 1.29 is 0 Å². The third-order valence-electron chi connectivity index (χ3n) is 2.68. The van der Waals surface area contributed by atoms with Crippen molar-refractivity contribution in [2.24, 2.45) is 5.92 Å². The zero-order valence-corrected chi connectivity index (χ0v) is 6.75. The Kier molecular flexibility index (Phi) is 1.34. The second-order valence-electron chi connectivity index (χ2n) is 3.74. The quantitative estimate of drug-likeness (QED) is 0.497. The van der Waals surface area contributed by atoms with Crippen molar-refractivity contribution in [2.75, 3.05) is 6.54 Å². The van der Waals surface area contributed by atoms with Gasteiger partial charge in [-0.3, -0.25) is 4.90 Å². The molecule has 0 saturated carbocycles. The summed E-state index contributed by atoms with van der Waals surface area (Å²) in [6.07, 6.45) is 6.13. The molecule has 1 heterocycles. The van der Waals surface area contributed by atoms with Gasteiger partial charge in [0.15, 0.2) is 0 Å². The molecular weight excluding hydrogens is 122 g/mol. The van der Waals surface area contributed by atoms with Crippen LogP contribution in [-0.4, -0.2) is 23.5 Å². The van der Waals surface area contributed by atoms with E-state index in [4.69, 9.17) is 0 Å². The van der Waals surface area contributed by atoms with Crippen LogP contribution in [0.2, 0.25) is 0 Å². The van der Waals surface area contributed by atoms with Crippen LogP contribution in [0.3, 0.4) is 0 Å². The Balaban J connectivity index is 2.09. The zero-order chi connectivity index (χ0) is 7.14. The van der Waals surface area contributed by atoms with Gasteiger partial charge < -0.3 is 0 Å². The lowest BCUT2D eigenvalue weighted by Crippen LogP contribution is -2.35. The van der Waals surface area contributed by atoms with Crippen LogP contribution in [0.25, 0.3) is 0 Å². The normalized spacial score (nSPS) is 38.3. The van der Waals surface area contributed by atoms with Gasteiger partial charge in [-0.15, -0.1) is 0 Å². The van der Waals surface area contributed by atoms with Crippen molar-refractivity contribution in [1.82, 2.24) is 4.90 Å². The summed E-state index contributed by atoms with van der Waals surface area (Å²) in [6, 6.07) is 1.52. The van der Waals surface area contributed by atoms with Gasteiger partial charge in [-0.25, -0.2) is 0 Å². The standard InChI is InChI=1S/C9H15N/c1-7(2)10-6-8-3-4-9(10)5-8/h3-4,7-9H,5-6H2,1-2H3. The lowest BCUT2D eigenvalue weighted by molar-refractivity contribution is 0.225. The van der Waals surface area contributed by atoms with Crippen molar-refractivity contribution in [3.63, 3.8) is 0 Å². The Bertz CT molecular complexity index is 160. The van der Waals surface area contributed by atoms with E-state index in [0.29, 0.717) is 0 Å². The Labute approximate surface area is 62.7 Å². The number of hydrogen-bond acceptors (Lipinski definition) is 1. The molecule has 0 amide bonds. The van der Waals surface area contributed by atoms with Gasteiger partial charge in [0.1, 0.15) is 0 Å². The predicted molar refractivity (Wildman–Crippen MR) is 42.9 cm³/mol. The molecule has 0 aromatic rings. The van der Waals surface area contributed by atoms with Gasteiger partial charge in [-0.05, 0) is 26.2 Å². The average Bonchev–Trinajstić information content (AvgIpc) is 2.44. The Hall–Kier alpha value is -0.300. The second-order valence-corrected chi connectivity index (χ2v) is 3.74. The molecule has 1 heteroatoms. The Morgan fingerprint density at radius 3 is 2.50 bits per heavy atom. The molecule has 0 spiro atoms. The molecule has 0 aromatic heterocycles. The van der Waals surface area contributed by atoms with Crippen LogP contribution in [0, 0.1) is 5.92 Å². The van der Waals surface area contributed by atoms with Crippen LogP contribution >= 0.6 is 0 Å². The van der Waals surface area contributed by atoms with E-state index in [2.05, 4.69) is 30.9 Å². The maximum Gasteiger partial charge on any atom is 0.0287 e. The zero-order valence-electron chi connectivity index (χ0n) is 6.75. The molecule has 10 heavy (non-hydrogen) atoms. The van der Waals surface area contributed by atoms with Gasteiger partial charge in [0, 0.05) is 18.6 Å². The molecule has 1 fully saturated rings. The fraction of sp³-hybridized carbons (Fsp3) is 0.778. The lowest BCUT2D eigenvalue weighted by Gasteiger charge is -2.27. The summed E-state index contributed by atoms with van der Waals surface area (Å²) in [4.78, 5) is 2.59. The lowest BCUT2D eigenvalue weighted by atomic mass is 10.2. The molecule has 0 aromatic carbocycles. The SMILES string of the molecule is CC(C)N1CC2C=CC1C2. The molecule has 2 aliphatic rings. The summed E-state index contributed by atoms with van der Waals surface area (Å²) >= 11 is 0. The smallest absolute Gasteiger partial charge is 0.0287 e. The van der Waals surface area contributed by atoms with Gasteiger partial charge in [-0.1, -0.05) is 12.2 Å². The van der Waals surface area contributed by atoms with Crippen molar-refractivity contribution >= 4 is 0 Å². The molecule has 1 aliphatic heterocycles. The van der Waals surface area contributed by atoms with Crippen LogP contribution < -0.4 is 0 Å². The summed E-state index contributed by atoms with van der Waals surface area (Å²) in [7, 11) is 0. The first-order valence-corrected chi connectivity index (χ1v) is 4.21. The van der Waals surface area contributed by atoms with Crippen molar-refractivity contribution in [2.45, 2.75) is 32.4 Å². The first-order valence-electron chi connectivity index (χ1n) is 4.21. The molecule has 1 aliphatic carbocycles. The highest BCUT2D eigenvalue weighted by Crippen LogP contribution is 2.32. The fourth-order valence-electron chi connectivity index (χ4n) is 2.13. The molecule has 1 saturated heterocycles. The maximum absolute atomic E-state index is 2.59. The Morgan fingerprint density at radius 1 is 1.40 bits per heavy atom. The van der Waals surface area contributed by atoms with E-state index in [0.717, 1.165) is 18.0 Å². The maximum atomic E-state index is 2.59. The summed E-state index contributed by atoms with van der Waals surface area (Å²) in [5, 5.41) is 0. The van der Waals surface area contributed by atoms with Gasteiger partial charge in [0.2, 0.25) is 0 Å². The van der Waals surface area contributed by atoms with Crippen molar-refractivity contribution in [1.29, 1.82) is 0 Å². The highest BCUT2D eigenvalue weighted by molar-refractivity contribution is 5.13. The molecular formula is C9H15N. The minimum Gasteiger partial charge on any atom is -0.294 e. The summed E-state index contributed by atoms with van der Waals surface area (Å²) < 4.78 is 0. The minimum atomic E-state index is 0.736. The number of nitrogens with zero attached hydrogens (tertiary/aromatic N) is 1. The summed E-state index contributed by atoms with van der Waals surface area (Å²) in [6.45, 7) is 5.88. The second kappa shape index (κ2) is 2.09. The van der Waals surface area contributed by atoms with Crippen molar-refractivity contribution in [3.05, 3.63) is 12.2 Å². The van der Waals surface area contributed by atoms with Gasteiger partial charge in [0.25, 0.3) is 0 Å². The largest absolute Gasteiger partial charge is 0.294 e. The summed E-state index contributed by atoms with van der Waals surface area (Å²) in [5.41, 5.74) is 0. The van der Waals surface area contributed by atoms with E-state index in [9.17, 15) is 0 Å². The topological polar surface area (TPSA) is 3.24 Å². The number of rotatable bonds is 1. The van der Waals surface area contributed by atoms with E-state index in [1.807, 2.05) is 0 Å². The van der Waals surface area contributed by atoms with Crippen LogP contribution in [0.4, 0.5) is 0 Å². The van der Waals surface area contributed by atoms with Crippen molar-refractivity contribution in [3.8, 4) is 0 Å². The van der Waals surface area contributed by atoms with E-state index < -0.39 is 0 Å². The van der Waals surface area contributed by atoms with Gasteiger partial charge >= 0.3 is 0 Å². The van der Waals surface area contributed by atoms with Gasteiger partial charge in [-0.2, -0.15) is 0 Å². The molecule has 2 unspecified atom stereocenters. The molecule has 2 bridgehead atoms. The highest BCUT2D eigenvalue weighted by Gasteiger charge is 2.34. The molecule has 2 atom stereocenters. The highest BCUT2D eigenvalue weighted by atomic mass is 15.2. The number of likely N-dealkylation sites (tertiary alicyclic amines) is 1. The third kappa shape index (κ3) is 0.807. The van der Waals surface area contributed by atoms with Crippen LogP contribution in [-0.2, 0) is 0 Å². The summed E-state index contributed by atoms with van der Waals surface area (Å²) in [5.74, 6) is 0.882. The van der Waals surface area contributed by atoms with Crippen LogP contribution in [0.1, 0.15) is 20.3 Å². The van der Waals surface area contributed by atoms with Crippen LogP contribution in [0.5, 0.6) is 0 Å². The molecule has 0 N–H and O–H groups in total. The van der Waals surface area contributed by atoms with Gasteiger partial charge in [0.05, 0.1) is 0 Å². The first-order chi connectivity index (χ1) is 4.77. The van der Waals surface area contributed by atoms with Crippen LogP contribution in [0.15, 0.2) is 12.2 Å². The Morgan fingerprint density at radius 2 is 2.20 bits per heavy atom. The predicted octanol–water partition coefficient (Wildman–Crippen LogP) is 1.66.